The Labute approximate surface area is 113 Å². The predicted molar refractivity (Wildman–Crippen MR) is 75.5 cm³/mol. The van der Waals surface area contributed by atoms with Gasteiger partial charge in [-0.3, -0.25) is 0 Å². The van der Waals surface area contributed by atoms with E-state index in [4.69, 9.17) is 0 Å². The normalized spacial score (nSPS) is 21.5. The summed E-state index contributed by atoms with van der Waals surface area (Å²) < 4.78 is 26.3. The van der Waals surface area contributed by atoms with Gasteiger partial charge >= 0.3 is 0 Å². The van der Waals surface area contributed by atoms with Crippen molar-refractivity contribution >= 4 is 21.4 Å². The lowest BCUT2D eigenvalue weighted by molar-refractivity contribution is 0.379. The number of aryl methyl sites for hydroxylation is 1. The van der Waals surface area contributed by atoms with Crippen molar-refractivity contribution in [2.45, 2.75) is 25.3 Å². The van der Waals surface area contributed by atoms with Gasteiger partial charge in [-0.1, -0.05) is 6.07 Å². The lowest BCUT2D eigenvalue weighted by Crippen LogP contribution is -2.42. The average molecular weight is 288 g/mol. The maximum atomic E-state index is 12.3. The third-order valence-corrected chi connectivity index (χ3v) is 6.16. The number of hydrogen-bond donors (Lipinski definition) is 1. The quantitative estimate of drug-likeness (QED) is 0.858. The zero-order valence-corrected chi connectivity index (χ0v) is 12.3. The van der Waals surface area contributed by atoms with Crippen molar-refractivity contribution in [3.05, 3.63) is 22.4 Å². The van der Waals surface area contributed by atoms with Gasteiger partial charge in [-0.2, -0.15) is 4.31 Å². The highest BCUT2D eigenvalue weighted by atomic mass is 32.2. The number of nitrogens with zero attached hydrogens (tertiary/aromatic N) is 1. The van der Waals surface area contributed by atoms with E-state index >= 15 is 0 Å². The zero-order valence-electron chi connectivity index (χ0n) is 10.6. The Bertz CT molecular complexity index is 456. The van der Waals surface area contributed by atoms with Crippen LogP contribution in [-0.4, -0.2) is 44.7 Å². The van der Waals surface area contributed by atoms with Crippen molar-refractivity contribution in [2.75, 3.05) is 25.9 Å². The third kappa shape index (κ3) is 3.32. The molecule has 1 unspecified atom stereocenters. The van der Waals surface area contributed by atoms with E-state index < -0.39 is 10.0 Å². The number of sulfonamides is 1. The smallest absolute Gasteiger partial charge is 0.214 e. The maximum Gasteiger partial charge on any atom is 0.214 e. The first-order valence-electron chi connectivity index (χ1n) is 6.30. The number of thiophene rings is 1. The second-order valence-electron chi connectivity index (χ2n) is 4.61. The van der Waals surface area contributed by atoms with Gasteiger partial charge in [-0.25, -0.2) is 8.42 Å². The summed E-state index contributed by atoms with van der Waals surface area (Å²) in [5, 5.41) is 5.07. The van der Waals surface area contributed by atoms with Crippen molar-refractivity contribution in [3.8, 4) is 0 Å². The first-order valence-corrected chi connectivity index (χ1v) is 8.79. The van der Waals surface area contributed by atoms with Gasteiger partial charge in [-0.05, 0) is 37.8 Å². The van der Waals surface area contributed by atoms with Gasteiger partial charge in [0.2, 0.25) is 10.0 Å². The van der Waals surface area contributed by atoms with Crippen LogP contribution in [0.2, 0.25) is 0 Å². The van der Waals surface area contributed by atoms with Crippen molar-refractivity contribution in [1.82, 2.24) is 9.62 Å². The Kier molecular flexibility index (Phi) is 4.77. The van der Waals surface area contributed by atoms with Crippen LogP contribution in [0.3, 0.4) is 0 Å². The molecule has 4 nitrogen and oxygen atoms in total. The fourth-order valence-corrected chi connectivity index (χ4v) is 5.01. The van der Waals surface area contributed by atoms with Gasteiger partial charge in [0.1, 0.15) is 0 Å². The van der Waals surface area contributed by atoms with E-state index in [-0.39, 0.29) is 11.8 Å². The van der Waals surface area contributed by atoms with Crippen molar-refractivity contribution in [1.29, 1.82) is 0 Å². The molecule has 1 aliphatic rings. The second kappa shape index (κ2) is 6.14. The van der Waals surface area contributed by atoms with E-state index in [9.17, 15) is 8.42 Å². The molecule has 1 atom stereocenters. The van der Waals surface area contributed by atoms with Crippen LogP contribution in [-0.2, 0) is 16.4 Å². The topological polar surface area (TPSA) is 49.4 Å². The maximum absolute atomic E-state index is 12.3. The highest BCUT2D eigenvalue weighted by molar-refractivity contribution is 7.89. The second-order valence-corrected chi connectivity index (χ2v) is 7.68. The summed E-state index contributed by atoms with van der Waals surface area (Å²) >= 11 is 1.62. The first kappa shape index (κ1) is 14.0. The Balaban J connectivity index is 1.97. The van der Waals surface area contributed by atoms with Crippen molar-refractivity contribution < 1.29 is 8.42 Å². The average Bonchev–Trinajstić information content (AvgIpc) is 2.97. The Morgan fingerprint density at radius 1 is 1.56 bits per heavy atom. The van der Waals surface area contributed by atoms with E-state index in [0.717, 1.165) is 24.3 Å². The molecule has 2 heterocycles. The molecule has 1 aromatic rings. The molecule has 0 bridgehead atoms. The highest BCUT2D eigenvalue weighted by Gasteiger charge is 2.33. The minimum atomic E-state index is -3.11. The van der Waals surface area contributed by atoms with Crippen LogP contribution < -0.4 is 5.32 Å². The zero-order chi connectivity index (χ0) is 13.0. The molecule has 0 aromatic carbocycles. The minimum absolute atomic E-state index is 0.142. The van der Waals surface area contributed by atoms with Crippen LogP contribution in [0, 0.1) is 0 Å². The molecule has 2 rings (SSSR count). The van der Waals surface area contributed by atoms with E-state index in [2.05, 4.69) is 5.32 Å². The van der Waals surface area contributed by atoms with Crippen LogP contribution in [0.5, 0.6) is 0 Å². The van der Waals surface area contributed by atoms with Gasteiger partial charge in [0.15, 0.2) is 0 Å². The molecule has 1 fully saturated rings. The summed E-state index contributed by atoms with van der Waals surface area (Å²) in [4.78, 5) is 1.14. The summed E-state index contributed by atoms with van der Waals surface area (Å²) in [6.45, 7) is 1.43. The molecule has 102 valence electrons. The Morgan fingerprint density at radius 3 is 3.06 bits per heavy atom. The van der Waals surface area contributed by atoms with Gasteiger partial charge in [0, 0.05) is 24.0 Å². The number of likely N-dealkylation sites (N-methyl/N-ethyl adjacent to an activating group) is 1. The first-order chi connectivity index (χ1) is 8.63. The van der Waals surface area contributed by atoms with Gasteiger partial charge < -0.3 is 5.32 Å². The number of nitrogens with one attached hydrogen (secondary N) is 1. The molecule has 1 aromatic heterocycles. The SMILES string of the molecule is CNCC1CCCN1S(=O)(=O)CCc1cccs1. The number of hydrogen-bond acceptors (Lipinski definition) is 4. The van der Waals surface area contributed by atoms with E-state index in [0.29, 0.717) is 13.0 Å². The molecule has 1 saturated heterocycles. The molecule has 1 aliphatic heterocycles. The summed E-state index contributed by atoms with van der Waals surface area (Å²) in [6.07, 6.45) is 2.58. The molecule has 0 amide bonds. The lowest BCUT2D eigenvalue weighted by atomic mass is 10.2. The standard InChI is InChI=1S/C12H20N2O2S2/c1-13-10-11-4-2-7-14(11)18(15,16)9-6-12-5-3-8-17-12/h3,5,8,11,13H,2,4,6-7,9-10H2,1H3. The molecule has 18 heavy (non-hydrogen) atoms. The predicted octanol–water partition coefficient (Wildman–Crippen LogP) is 1.30. The molecule has 0 radical (unpaired) electrons. The van der Waals surface area contributed by atoms with E-state index in [1.54, 1.807) is 15.6 Å². The third-order valence-electron chi connectivity index (χ3n) is 3.31. The van der Waals surface area contributed by atoms with Gasteiger partial charge in [0.05, 0.1) is 5.75 Å². The largest absolute Gasteiger partial charge is 0.318 e. The van der Waals surface area contributed by atoms with Crippen molar-refractivity contribution in [3.63, 3.8) is 0 Å². The molecular weight excluding hydrogens is 268 g/mol. The summed E-state index contributed by atoms with van der Waals surface area (Å²) in [7, 11) is -1.24. The fourth-order valence-electron chi connectivity index (χ4n) is 2.42. The molecule has 0 saturated carbocycles. The summed E-state index contributed by atoms with van der Waals surface area (Å²) in [6, 6.07) is 4.10. The lowest BCUT2D eigenvalue weighted by Gasteiger charge is -2.23. The fraction of sp³-hybridized carbons (Fsp3) is 0.667. The molecule has 0 spiro atoms. The van der Waals surface area contributed by atoms with E-state index in [1.807, 2.05) is 24.6 Å². The Hall–Kier alpha value is -0.430. The monoisotopic (exact) mass is 288 g/mol. The van der Waals surface area contributed by atoms with Crippen LogP contribution in [0.15, 0.2) is 17.5 Å². The summed E-state index contributed by atoms with van der Waals surface area (Å²) in [5.74, 6) is 0.230. The number of rotatable bonds is 6. The van der Waals surface area contributed by atoms with Crippen molar-refractivity contribution in [2.24, 2.45) is 0 Å². The van der Waals surface area contributed by atoms with Gasteiger partial charge in [-0.15, -0.1) is 11.3 Å². The van der Waals surface area contributed by atoms with Crippen LogP contribution in [0.1, 0.15) is 17.7 Å². The molecule has 0 aliphatic carbocycles. The van der Waals surface area contributed by atoms with E-state index in [1.165, 1.54) is 0 Å². The van der Waals surface area contributed by atoms with Gasteiger partial charge in [0.25, 0.3) is 0 Å². The molecule has 6 heteroatoms. The van der Waals surface area contributed by atoms with Crippen LogP contribution in [0.4, 0.5) is 0 Å². The van der Waals surface area contributed by atoms with Crippen LogP contribution >= 0.6 is 11.3 Å². The molecule has 1 N–H and O–H groups in total. The highest BCUT2D eigenvalue weighted by Crippen LogP contribution is 2.22. The minimum Gasteiger partial charge on any atom is -0.318 e. The summed E-state index contributed by atoms with van der Waals surface area (Å²) in [5.41, 5.74) is 0. The molecular formula is C12H20N2O2S2. The van der Waals surface area contributed by atoms with Crippen LogP contribution in [0.25, 0.3) is 0 Å². The Morgan fingerprint density at radius 2 is 2.39 bits per heavy atom.